The van der Waals surface area contributed by atoms with Crippen molar-refractivity contribution in [3.63, 3.8) is 0 Å². The number of nitrogens with two attached hydrogens (primary N) is 2. The van der Waals surface area contributed by atoms with E-state index in [1.165, 1.54) is 83.4 Å². The highest BCUT2D eigenvalue weighted by Gasteiger charge is 2.50. The number of ether oxygens (including phenoxy) is 1. The van der Waals surface area contributed by atoms with Gasteiger partial charge in [0.2, 0.25) is 0 Å². The van der Waals surface area contributed by atoms with Crippen molar-refractivity contribution in [2.45, 2.75) is 83.7 Å². The predicted molar refractivity (Wildman–Crippen MR) is 332 cm³/mol. The summed E-state index contributed by atoms with van der Waals surface area (Å²) in [6.07, 6.45) is 34.6. The summed E-state index contributed by atoms with van der Waals surface area (Å²) in [7, 11) is 0. The molecule has 4 heteroatoms. The molecule has 0 radical (unpaired) electrons. The maximum atomic E-state index is 7.09. The van der Waals surface area contributed by atoms with Crippen molar-refractivity contribution in [2.75, 3.05) is 0 Å². The molecule has 13 rings (SSSR count). The minimum atomic E-state index is -0.439. The smallest absolute Gasteiger partial charge is 0.139 e. The third-order valence-electron chi connectivity index (χ3n) is 15.8. The second-order valence-electron chi connectivity index (χ2n) is 20.2. The highest BCUT2D eigenvalue weighted by Crippen LogP contribution is 2.62. The van der Waals surface area contributed by atoms with Crippen molar-refractivity contribution in [3.8, 4) is 28.3 Å². The lowest BCUT2D eigenvalue weighted by atomic mass is 9.62. The largest absolute Gasteiger partial charge is 0.456 e. The molecule has 7 aromatic carbocycles. The average molecular weight is 1020 g/mol. The molecule has 8 aromatic rings. The number of hydrogen-bond acceptors (Lipinski definition) is 3. The van der Waals surface area contributed by atoms with Crippen LogP contribution in [0, 0.1) is 5.92 Å². The zero-order valence-electron chi connectivity index (χ0n) is 45.8. The molecule has 3 atom stereocenters. The van der Waals surface area contributed by atoms with Crippen LogP contribution in [0.3, 0.4) is 0 Å². The summed E-state index contributed by atoms with van der Waals surface area (Å²) >= 11 is 0. The van der Waals surface area contributed by atoms with E-state index in [0.29, 0.717) is 5.92 Å². The summed E-state index contributed by atoms with van der Waals surface area (Å²) in [6.45, 7) is 12.4. The fraction of sp³-hybridized carbons (Fsp3) is 0.189. The molecular weight excluding hydrogens is 947 g/mol. The Kier molecular flexibility index (Phi) is 16.6. The van der Waals surface area contributed by atoms with Crippen molar-refractivity contribution in [3.05, 3.63) is 299 Å². The van der Waals surface area contributed by atoms with Crippen LogP contribution in [-0.2, 0) is 11.8 Å². The van der Waals surface area contributed by atoms with Crippen LogP contribution in [0.4, 0.5) is 0 Å². The Morgan fingerprint density at radius 1 is 0.731 bits per heavy atom. The number of hydrogen-bond donors (Lipinski definition) is 2. The number of allylic oxidation sites excluding steroid dienone is 13. The van der Waals surface area contributed by atoms with Gasteiger partial charge in [-0.05, 0) is 125 Å². The van der Waals surface area contributed by atoms with Crippen LogP contribution >= 0.6 is 0 Å². The van der Waals surface area contributed by atoms with E-state index in [4.69, 9.17) is 16.2 Å². The first-order chi connectivity index (χ1) is 38.4. The van der Waals surface area contributed by atoms with E-state index in [-0.39, 0.29) is 11.3 Å². The molecule has 3 unspecified atom stereocenters. The Morgan fingerprint density at radius 2 is 1.46 bits per heavy atom. The fourth-order valence-corrected chi connectivity index (χ4v) is 12.4. The predicted octanol–water partition coefficient (Wildman–Crippen LogP) is 18.9. The van der Waals surface area contributed by atoms with Crippen LogP contribution < -0.4 is 16.2 Å². The molecule has 1 aliphatic heterocycles. The standard InChI is InChI=1S/C47H38O.C20H19N3.C5H10.C2H6/c1-2-38(32-16-6-3-7-17-32)33-18-14-19-34(30-33)39-25-15-27-44-41(39)31-35-28-29-43-45(46(35)48-44)40-24-12-13-26-42(40)47(43,36-20-8-4-9-21-36)37-22-10-5-11-23-37;21-20(22)14-10-12-15(13-11-14)23-18-8-3-1-2-6-16(18)17-7-4-5-9-19(17)23;1-3-5-4-2;1-2/h2-13,15-17,19-22,24-30,37-38H,1,14,18,23,31H2;2-13,20H,1,21-22H2;3,5H,4H2,1-2H3;1-2H3/b;;5-3-;. The Labute approximate surface area is 463 Å². The number of nitrogens with zero attached hydrogens (tertiary/aromatic N) is 1. The van der Waals surface area contributed by atoms with E-state index in [2.05, 4.69) is 249 Å². The van der Waals surface area contributed by atoms with Gasteiger partial charge in [-0.3, -0.25) is 0 Å². The molecule has 4 nitrogen and oxygen atoms in total. The van der Waals surface area contributed by atoms with Gasteiger partial charge in [-0.2, -0.15) is 0 Å². The van der Waals surface area contributed by atoms with E-state index in [1.807, 2.05) is 32.9 Å². The van der Waals surface area contributed by atoms with Crippen LogP contribution in [0.5, 0.6) is 11.5 Å². The molecule has 2 heterocycles. The van der Waals surface area contributed by atoms with Crippen LogP contribution in [0.2, 0.25) is 0 Å². The molecule has 78 heavy (non-hydrogen) atoms. The molecule has 4 aliphatic carbocycles. The van der Waals surface area contributed by atoms with Gasteiger partial charge >= 0.3 is 0 Å². The van der Waals surface area contributed by atoms with Gasteiger partial charge in [0, 0.05) is 40.1 Å². The van der Waals surface area contributed by atoms with Gasteiger partial charge in [0.15, 0.2) is 0 Å². The number of para-hydroxylation sites is 1. The van der Waals surface area contributed by atoms with Crippen LogP contribution in [0.1, 0.15) is 128 Å². The first-order valence-corrected chi connectivity index (χ1v) is 28.2. The molecule has 4 N–H and O–H groups in total. The minimum Gasteiger partial charge on any atom is -0.456 e. The first-order valence-electron chi connectivity index (χ1n) is 28.2. The van der Waals surface area contributed by atoms with Crippen molar-refractivity contribution >= 4 is 28.6 Å². The van der Waals surface area contributed by atoms with E-state index >= 15 is 0 Å². The topological polar surface area (TPSA) is 66.2 Å². The summed E-state index contributed by atoms with van der Waals surface area (Å²) < 4.78 is 9.39. The van der Waals surface area contributed by atoms with E-state index in [0.717, 1.165) is 61.3 Å². The number of rotatable bonds is 9. The summed E-state index contributed by atoms with van der Waals surface area (Å²) in [5.41, 5.74) is 31.3. The minimum absolute atomic E-state index is 0.216. The molecule has 0 spiro atoms. The molecule has 0 saturated heterocycles. The zero-order chi connectivity index (χ0) is 54.0. The second-order valence-corrected chi connectivity index (χ2v) is 20.2. The highest BCUT2D eigenvalue weighted by atomic mass is 16.5. The van der Waals surface area contributed by atoms with Crippen molar-refractivity contribution < 1.29 is 4.74 Å². The number of aromatic nitrogens is 1. The molecule has 390 valence electrons. The van der Waals surface area contributed by atoms with Gasteiger partial charge < -0.3 is 20.8 Å². The van der Waals surface area contributed by atoms with Gasteiger partial charge in [0.1, 0.15) is 11.5 Å². The maximum Gasteiger partial charge on any atom is 0.139 e. The number of benzene rings is 7. The van der Waals surface area contributed by atoms with Crippen LogP contribution in [0.15, 0.2) is 243 Å². The van der Waals surface area contributed by atoms with Crippen LogP contribution in [0.25, 0.3) is 45.4 Å². The third kappa shape index (κ3) is 10.1. The summed E-state index contributed by atoms with van der Waals surface area (Å²) in [5, 5.41) is 1.27. The fourth-order valence-electron chi connectivity index (χ4n) is 12.4. The third-order valence-corrected chi connectivity index (χ3v) is 15.8. The lowest BCUT2D eigenvalue weighted by Gasteiger charge is -2.40. The van der Waals surface area contributed by atoms with Gasteiger partial charge in [-0.25, -0.2) is 0 Å². The van der Waals surface area contributed by atoms with E-state index in [1.54, 1.807) is 0 Å². The van der Waals surface area contributed by atoms with Crippen molar-refractivity contribution in [1.29, 1.82) is 0 Å². The Morgan fingerprint density at radius 3 is 2.19 bits per heavy atom. The zero-order valence-corrected chi connectivity index (χ0v) is 45.8. The van der Waals surface area contributed by atoms with Gasteiger partial charge in [-0.1, -0.05) is 239 Å². The van der Waals surface area contributed by atoms with E-state index < -0.39 is 6.17 Å². The van der Waals surface area contributed by atoms with Crippen LogP contribution in [-0.4, -0.2) is 4.57 Å². The molecule has 0 bridgehead atoms. The molecule has 0 saturated carbocycles. The van der Waals surface area contributed by atoms with Gasteiger partial charge in [0.05, 0.1) is 22.8 Å². The second kappa shape index (κ2) is 24.4. The quantitative estimate of drug-likeness (QED) is 0.112. The summed E-state index contributed by atoms with van der Waals surface area (Å²) in [6, 6.07) is 58.9. The number of fused-ring (bicyclic) bond motifs is 9. The van der Waals surface area contributed by atoms with Crippen molar-refractivity contribution in [2.24, 2.45) is 17.4 Å². The Hall–Kier alpha value is -8.28. The maximum absolute atomic E-state index is 7.09. The van der Waals surface area contributed by atoms with Crippen molar-refractivity contribution in [1.82, 2.24) is 4.57 Å². The highest BCUT2D eigenvalue weighted by molar-refractivity contribution is 5.96. The summed E-state index contributed by atoms with van der Waals surface area (Å²) in [5.74, 6) is 2.49. The van der Waals surface area contributed by atoms with Gasteiger partial charge in [0.25, 0.3) is 0 Å². The lowest BCUT2D eigenvalue weighted by Crippen LogP contribution is -2.35. The first kappa shape index (κ1) is 53.1. The monoisotopic (exact) mass is 1020 g/mol. The molecule has 0 amide bonds. The Bertz CT molecular complexity index is 3630. The van der Waals surface area contributed by atoms with Gasteiger partial charge in [-0.15, -0.1) is 6.58 Å². The van der Waals surface area contributed by atoms with E-state index in [9.17, 15) is 0 Å². The molecule has 5 aliphatic rings. The Balaban J connectivity index is 0.000000190. The molecule has 0 fully saturated rings. The average Bonchev–Trinajstić information content (AvgIpc) is 4.11. The molecular formula is C74H73N3O. The SMILES string of the molecule is C/C=C\CC.C=CC(C1=CC(c2cccc3c2Cc2ccc4c(c2O3)-c2ccccc2C4(c2ccccc2)C2C=CC=CC2)=CCC1)c1ccccc1.CC.NC(N)c1ccc(-n2c3c(c4ccccc42)C=CCC=C3)cc1. The summed E-state index contributed by atoms with van der Waals surface area (Å²) in [4.78, 5) is 0. The normalized spacial score (nSPS) is 17.4. The lowest BCUT2D eigenvalue weighted by molar-refractivity contribution is 0.448. The molecule has 1 aromatic heterocycles.